The van der Waals surface area contributed by atoms with Gasteiger partial charge in [-0.2, -0.15) is 0 Å². The van der Waals surface area contributed by atoms with E-state index in [1.807, 2.05) is 18.7 Å². The molecular formula is C17H24ClNO3. The van der Waals surface area contributed by atoms with Gasteiger partial charge in [0, 0.05) is 43.3 Å². The van der Waals surface area contributed by atoms with Crippen LogP contribution in [0.4, 0.5) is 0 Å². The van der Waals surface area contributed by atoms with Crippen LogP contribution in [-0.2, 0) is 4.74 Å². The molecule has 2 rings (SSSR count). The average Bonchev–Trinajstić information content (AvgIpc) is 2.47. The van der Waals surface area contributed by atoms with Crippen LogP contribution in [0.3, 0.4) is 0 Å². The van der Waals surface area contributed by atoms with Gasteiger partial charge in [0.1, 0.15) is 0 Å². The number of ether oxygens (including phenoxy) is 1. The normalized spacial score (nSPS) is 25.3. The van der Waals surface area contributed by atoms with Crippen LogP contribution in [-0.4, -0.2) is 48.3 Å². The first kappa shape index (κ1) is 17.3. The third kappa shape index (κ3) is 3.62. The van der Waals surface area contributed by atoms with E-state index in [9.17, 15) is 9.90 Å². The van der Waals surface area contributed by atoms with E-state index in [4.69, 9.17) is 16.3 Å². The zero-order chi connectivity index (χ0) is 16.3. The number of carbonyl (C=O) groups is 1. The van der Waals surface area contributed by atoms with Crippen molar-refractivity contribution in [3.8, 4) is 0 Å². The molecule has 1 heterocycles. The van der Waals surface area contributed by atoms with Gasteiger partial charge in [-0.15, -0.1) is 0 Å². The van der Waals surface area contributed by atoms with Crippen molar-refractivity contribution in [2.45, 2.75) is 32.3 Å². The van der Waals surface area contributed by atoms with Crippen LogP contribution in [0.5, 0.6) is 0 Å². The molecule has 0 bridgehead atoms. The Hall–Kier alpha value is -1.10. The van der Waals surface area contributed by atoms with E-state index in [0.717, 1.165) is 5.56 Å². The Morgan fingerprint density at radius 2 is 2.27 bits per heavy atom. The van der Waals surface area contributed by atoms with Crippen LogP contribution in [0.15, 0.2) is 18.2 Å². The number of halogens is 1. The number of piperidine rings is 1. The lowest BCUT2D eigenvalue weighted by Gasteiger charge is -2.43. The minimum absolute atomic E-state index is 0.00908. The van der Waals surface area contributed by atoms with Crippen molar-refractivity contribution in [2.24, 2.45) is 5.92 Å². The average molecular weight is 326 g/mol. The number of carbonyl (C=O) groups excluding carboxylic acids is 1. The van der Waals surface area contributed by atoms with Crippen molar-refractivity contribution < 1.29 is 14.6 Å². The summed E-state index contributed by atoms with van der Waals surface area (Å²) in [7, 11) is 1.63. The summed E-state index contributed by atoms with van der Waals surface area (Å²) < 4.78 is 5.08. The van der Waals surface area contributed by atoms with Crippen LogP contribution in [0.2, 0.25) is 5.02 Å². The molecule has 2 atom stereocenters. The lowest BCUT2D eigenvalue weighted by molar-refractivity contribution is -0.0750. The minimum Gasteiger partial charge on any atom is -0.389 e. The van der Waals surface area contributed by atoms with Gasteiger partial charge in [-0.1, -0.05) is 18.5 Å². The standard InChI is InChI=1S/C17H24ClNO3/c1-12-10-14(18)4-5-15(12)16(20)19-8-6-17(21,7-9-22-3)13(2)11-19/h4-5,10,13,21H,6-9,11H2,1-3H3/t13-,17-/m1/s1. The topological polar surface area (TPSA) is 49.8 Å². The van der Waals surface area contributed by atoms with Gasteiger partial charge in [-0.25, -0.2) is 0 Å². The van der Waals surface area contributed by atoms with E-state index in [0.29, 0.717) is 43.1 Å². The Morgan fingerprint density at radius 1 is 1.55 bits per heavy atom. The molecule has 1 aromatic carbocycles. The summed E-state index contributed by atoms with van der Waals surface area (Å²) in [5, 5.41) is 11.3. The molecule has 0 aliphatic carbocycles. The molecule has 0 unspecified atom stereocenters. The van der Waals surface area contributed by atoms with E-state index >= 15 is 0 Å². The lowest BCUT2D eigenvalue weighted by atomic mass is 9.79. The van der Waals surface area contributed by atoms with Crippen molar-refractivity contribution in [3.63, 3.8) is 0 Å². The third-order valence-corrected chi connectivity index (χ3v) is 4.91. The number of aryl methyl sites for hydroxylation is 1. The van der Waals surface area contributed by atoms with Crippen molar-refractivity contribution in [2.75, 3.05) is 26.8 Å². The molecule has 0 aromatic heterocycles. The predicted molar refractivity (Wildman–Crippen MR) is 87.3 cm³/mol. The predicted octanol–water partition coefficient (Wildman–Crippen LogP) is 2.90. The smallest absolute Gasteiger partial charge is 0.254 e. The second kappa shape index (κ2) is 6.99. The number of nitrogens with zero attached hydrogens (tertiary/aromatic N) is 1. The van der Waals surface area contributed by atoms with Crippen LogP contribution >= 0.6 is 11.6 Å². The molecule has 1 amide bonds. The van der Waals surface area contributed by atoms with Gasteiger partial charge < -0.3 is 14.7 Å². The molecule has 22 heavy (non-hydrogen) atoms. The Labute approximate surface area is 137 Å². The Bertz CT molecular complexity index is 549. The molecule has 1 saturated heterocycles. The van der Waals surface area contributed by atoms with Crippen molar-refractivity contribution in [1.82, 2.24) is 4.90 Å². The Kier molecular flexibility index (Phi) is 5.48. The molecular weight excluding hydrogens is 302 g/mol. The first-order valence-electron chi connectivity index (χ1n) is 7.64. The highest BCUT2D eigenvalue weighted by Gasteiger charge is 2.39. The molecule has 1 aliphatic rings. The Morgan fingerprint density at radius 3 is 2.86 bits per heavy atom. The number of amides is 1. The van der Waals surface area contributed by atoms with Gasteiger partial charge in [0.2, 0.25) is 0 Å². The summed E-state index contributed by atoms with van der Waals surface area (Å²) in [6.07, 6.45) is 1.18. The minimum atomic E-state index is -0.748. The van der Waals surface area contributed by atoms with Crippen LogP contribution in [0.25, 0.3) is 0 Å². The molecule has 4 nitrogen and oxygen atoms in total. The summed E-state index contributed by atoms with van der Waals surface area (Å²) in [4.78, 5) is 14.5. The van der Waals surface area contributed by atoms with E-state index in [2.05, 4.69) is 0 Å². The fourth-order valence-corrected chi connectivity index (χ4v) is 3.27. The maximum absolute atomic E-state index is 12.7. The van der Waals surface area contributed by atoms with E-state index in [1.165, 1.54) is 0 Å². The van der Waals surface area contributed by atoms with E-state index in [-0.39, 0.29) is 11.8 Å². The molecule has 1 aliphatic heterocycles. The highest BCUT2D eigenvalue weighted by molar-refractivity contribution is 6.30. The number of likely N-dealkylation sites (tertiary alicyclic amines) is 1. The molecule has 0 saturated carbocycles. The van der Waals surface area contributed by atoms with Gasteiger partial charge in [0.15, 0.2) is 0 Å². The van der Waals surface area contributed by atoms with Gasteiger partial charge in [0.05, 0.1) is 5.60 Å². The first-order chi connectivity index (χ1) is 10.4. The molecule has 1 fully saturated rings. The van der Waals surface area contributed by atoms with Gasteiger partial charge >= 0.3 is 0 Å². The monoisotopic (exact) mass is 325 g/mol. The second-order valence-electron chi connectivity index (χ2n) is 6.21. The fourth-order valence-electron chi connectivity index (χ4n) is 3.04. The van der Waals surface area contributed by atoms with E-state index < -0.39 is 5.60 Å². The van der Waals surface area contributed by atoms with Crippen LogP contribution < -0.4 is 0 Å². The maximum atomic E-state index is 12.7. The third-order valence-electron chi connectivity index (χ3n) is 4.67. The molecule has 0 radical (unpaired) electrons. The highest BCUT2D eigenvalue weighted by Crippen LogP contribution is 2.32. The summed E-state index contributed by atoms with van der Waals surface area (Å²) >= 11 is 5.95. The largest absolute Gasteiger partial charge is 0.389 e. The number of hydrogen-bond acceptors (Lipinski definition) is 3. The highest BCUT2D eigenvalue weighted by atomic mass is 35.5. The number of hydrogen-bond donors (Lipinski definition) is 1. The van der Waals surface area contributed by atoms with Crippen molar-refractivity contribution in [3.05, 3.63) is 34.3 Å². The summed E-state index contributed by atoms with van der Waals surface area (Å²) in [6.45, 7) is 5.53. The molecule has 122 valence electrons. The summed E-state index contributed by atoms with van der Waals surface area (Å²) in [5.41, 5.74) is 0.811. The SMILES string of the molecule is COCC[C@]1(O)CCN(C(=O)c2ccc(Cl)cc2C)C[C@H]1C. The van der Waals surface area contributed by atoms with Crippen LogP contribution in [0, 0.1) is 12.8 Å². The quantitative estimate of drug-likeness (QED) is 0.926. The Balaban J connectivity index is 2.08. The number of methoxy groups -OCH3 is 1. The first-order valence-corrected chi connectivity index (χ1v) is 8.02. The zero-order valence-electron chi connectivity index (χ0n) is 13.4. The van der Waals surface area contributed by atoms with Gasteiger partial charge in [-0.3, -0.25) is 4.79 Å². The fraction of sp³-hybridized carbons (Fsp3) is 0.588. The maximum Gasteiger partial charge on any atom is 0.254 e. The second-order valence-corrected chi connectivity index (χ2v) is 6.64. The van der Waals surface area contributed by atoms with Crippen molar-refractivity contribution >= 4 is 17.5 Å². The number of rotatable bonds is 4. The lowest BCUT2D eigenvalue weighted by Crippen LogP contribution is -2.53. The van der Waals surface area contributed by atoms with Crippen molar-refractivity contribution in [1.29, 1.82) is 0 Å². The summed E-state index contributed by atoms with van der Waals surface area (Å²) in [5.74, 6) is 0.0303. The number of aliphatic hydroxyl groups is 1. The summed E-state index contributed by atoms with van der Waals surface area (Å²) in [6, 6.07) is 5.32. The van der Waals surface area contributed by atoms with Gasteiger partial charge in [0.25, 0.3) is 5.91 Å². The van der Waals surface area contributed by atoms with Gasteiger partial charge in [-0.05, 0) is 43.5 Å². The number of benzene rings is 1. The van der Waals surface area contributed by atoms with Crippen LogP contribution in [0.1, 0.15) is 35.7 Å². The molecule has 1 N–H and O–H groups in total. The molecule has 5 heteroatoms. The molecule has 1 aromatic rings. The zero-order valence-corrected chi connectivity index (χ0v) is 14.2. The molecule has 0 spiro atoms. The van der Waals surface area contributed by atoms with E-state index in [1.54, 1.807) is 25.3 Å².